The van der Waals surface area contributed by atoms with Crippen LogP contribution < -0.4 is 17.1 Å². The molecule has 1 atom stereocenters. The van der Waals surface area contributed by atoms with Crippen LogP contribution in [0.5, 0.6) is 0 Å². The first kappa shape index (κ1) is 11.2. The van der Waals surface area contributed by atoms with Crippen molar-refractivity contribution in [3.63, 3.8) is 0 Å². The Labute approximate surface area is 86.8 Å². The normalized spacial score (nSPS) is 17.0. The standard InChI is InChI=1S/C8H13N5O2/c9-13-12-7(8(14)15-10)5-6-3-1-2-4-11-6/h1-3,7,11H,4-5,10H2,(H2,9,12)/t7-/m0/s1. The van der Waals surface area contributed by atoms with Gasteiger partial charge in [-0.15, -0.1) is 0 Å². The molecule has 1 aliphatic heterocycles. The van der Waals surface area contributed by atoms with Crippen LogP contribution in [-0.4, -0.2) is 18.6 Å². The van der Waals surface area contributed by atoms with Gasteiger partial charge in [-0.25, -0.2) is 4.79 Å². The fraction of sp³-hybridized carbons (Fsp3) is 0.375. The second-order valence-electron chi connectivity index (χ2n) is 2.89. The second-order valence-corrected chi connectivity index (χ2v) is 2.89. The lowest BCUT2D eigenvalue weighted by atomic mass is 10.1. The van der Waals surface area contributed by atoms with E-state index in [0.29, 0.717) is 6.42 Å². The first-order chi connectivity index (χ1) is 7.27. The number of allylic oxidation sites excluding steroid dienone is 2. The molecule has 1 aliphatic rings. The maximum atomic E-state index is 11.1. The van der Waals surface area contributed by atoms with Gasteiger partial charge in [-0.3, -0.25) is 0 Å². The number of dihydropyridines is 1. The number of rotatable bonds is 4. The molecule has 15 heavy (non-hydrogen) atoms. The van der Waals surface area contributed by atoms with Gasteiger partial charge in [0.1, 0.15) is 0 Å². The Morgan fingerprint density at radius 3 is 3.07 bits per heavy atom. The van der Waals surface area contributed by atoms with Crippen LogP contribution in [0.2, 0.25) is 0 Å². The Bertz CT molecular complexity index is 310. The maximum Gasteiger partial charge on any atom is 0.351 e. The highest BCUT2D eigenvalue weighted by atomic mass is 16.7. The third-order valence-electron chi connectivity index (χ3n) is 1.89. The smallest absolute Gasteiger partial charge is 0.351 e. The van der Waals surface area contributed by atoms with E-state index < -0.39 is 12.0 Å². The van der Waals surface area contributed by atoms with Gasteiger partial charge in [0, 0.05) is 18.7 Å². The summed E-state index contributed by atoms with van der Waals surface area (Å²) in [4.78, 5) is 15.2. The fourth-order valence-corrected chi connectivity index (χ4v) is 1.18. The van der Waals surface area contributed by atoms with Crippen LogP contribution >= 0.6 is 0 Å². The Morgan fingerprint density at radius 1 is 1.73 bits per heavy atom. The predicted octanol–water partition coefficient (Wildman–Crippen LogP) is -0.469. The first-order valence-electron chi connectivity index (χ1n) is 4.38. The van der Waals surface area contributed by atoms with Gasteiger partial charge in [0.2, 0.25) is 0 Å². The summed E-state index contributed by atoms with van der Waals surface area (Å²) < 4.78 is 0. The van der Waals surface area contributed by atoms with E-state index in [1.54, 1.807) is 0 Å². The molecular weight excluding hydrogens is 198 g/mol. The minimum absolute atomic E-state index is 0.334. The van der Waals surface area contributed by atoms with E-state index in [4.69, 9.17) is 11.7 Å². The van der Waals surface area contributed by atoms with Crippen LogP contribution in [0.15, 0.2) is 34.3 Å². The van der Waals surface area contributed by atoms with E-state index >= 15 is 0 Å². The molecule has 7 heteroatoms. The average molecular weight is 211 g/mol. The minimum Gasteiger partial charge on any atom is -0.385 e. The molecule has 0 spiro atoms. The maximum absolute atomic E-state index is 11.1. The van der Waals surface area contributed by atoms with Crippen LogP contribution in [0.25, 0.3) is 0 Å². The van der Waals surface area contributed by atoms with Gasteiger partial charge in [0.05, 0.1) is 0 Å². The summed E-state index contributed by atoms with van der Waals surface area (Å²) in [6.45, 7) is 0.718. The molecule has 1 heterocycles. The Kier molecular flexibility index (Phi) is 4.30. The van der Waals surface area contributed by atoms with Gasteiger partial charge in [0.25, 0.3) is 0 Å². The summed E-state index contributed by atoms with van der Waals surface area (Å²) >= 11 is 0. The molecule has 0 unspecified atom stereocenters. The number of hydrogen-bond donors (Lipinski definition) is 3. The molecule has 7 nitrogen and oxygen atoms in total. The van der Waals surface area contributed by atoms with E-state index in [1.807, 2.05) is 18.2 Å². The molecule has 0 saturated heterocycles. The van der Waals surface area contributed by atoms with Gasteiger partial charge < -0.3 is 16.0 Å². The van der Waals surface area contributed by atoms with E-state index in [0.717, 1.165) is 12.2 Å². The highest BCUT2D eigenvalue weighted by molar-refractivity contribution is 5.75. The zero-order valence-electron chi connectivity index (χ0n) is 8.09. The van der Waals surface area contributed by atoms with Crippen molar-refractivity contribution >= 4 is 5.97 Å². The third-order valence-corrected chi connectivity index (χ3v) is 1.89. The molecule has 0 aromatic heterocycles. The largest absolute Gasteiger partial charge is 0.385 e. The number of nitrogens with two attached hydrogens (primary N) is 2. The van der Waals surface area contributed by atoms with Crippen LogP contribution in [0, 0.1) is 0 Å². The Balaban J connectivity index is 2.61. The van der Waals surface area contributed by atoms with E-state index in [-0.39, 0.29) is 0 Å². The number of hydrogen-bond acceptors (Lipinski definition) is 6. The lowest BCUT2D eigenvalue weighted by molar-refractivity contribution is -0.145. The first-order valence-corrected chi connectivity index (χ1v) is 4.38. The average Bonchev–Trinajstić information content (AvgIpc) is 2.29. The molecule has 0 amide bonds. The third kappa shape index (κ3) is 3.39. The molecular formula is C8H13N5O2. The number of nitrogens with zero attached hydrogens (tertiary/aromatic N) is 2. The monoisotopic (exact) mass is 211 g/mol. The second kappa shape index (κ2) is 5.76. The molecule has 0 saturated carbocycles. The molecule has 0 aromatic carbocycles. The molecule has 0 radical (unpaired) electrons. The lowest BCUT2D eigenvalue weighted by Gasteiger charge is -2.14. The van der Waals surface area contributed by atoms with Gasteiger partial charge in [-0.1, -0.05) is 17.4 Å². The highest BCUT2D eigenvalue weighted by Crippen LogP contribution is 2.09. The lowest BCUT2D eigenvalue weighted by Crippen LogP contribution is -2.28. The van der Waals surface area contributed by atoms with E-state index in [1.165, 1.54) is 0 Å². The molecule has 0 aromatic rings. The number of nitrogens with one attached hydrogen (secondary N) is 1. The van der Waals surface area contributed by atoms with Gasteiger partial charge in [-0.2, -0.15) is 11.0 Å². The molecule has 0 aliphatic carbocycles. The van der Waals surface area contributed by atoms with Crippen molar-refractivity contribution in [2.75, 3.05) is 6.54 Å². The van der Waals surface area contributed by atoms with Crippen LogP contribution in [0.3, 0.4) is 0 Å². The van der Waals surface area contributed by atoms with Crippen molar-refractivity contribution in [2.45, 2.75) is 12.5 Å². The topological polar surface area (TPSA) is 115 Å². The number of carbonyl (C=O) groups is 1. The quantitative estimate of drug-likeness (QED) is 0.330. The molecule has 1 rings (SSSR count). The molecule has 82 valence electrons. The summed E-state index contributed by atoms with van der Waals surface area (Å²) in [6.07, 6.45) is 6.01. The highest BCUT2D eigenvalue weighted by Gasteiger charge is 2.21. The summed E-state index contributed by atoms with van der Waals surface area (Å²) in [7, 11) is 0. The van der Waals surface area contributed by atoms with Crippen molar-refractivity contribution in [2.24, 2.45) is 22.1 Å². The van der Waals surface area contributed by atoms with Crippen molar-refractivity contribution < 1.29 is 9.63 Å². The fourth-order valence-electron chi connectivity index (χ4n) is 1.18. The zero-order valence-corrected chi connectivity index (χ0v) is 8.09. The van der Waals surface area contributed by atoms with Crippen LogP contribution in [0.1, 0.15) is 6.42 Å². The van der Waals surface area contributed by atoms with Crippen molar-refractivity contribution in [1.29, 1.82) is 0 Å². The predicted molar refractivity (Wildman–Crippen MR) is 53.0 cm³/mol. The summed E-state index contributed by atoms with van der Waals surface area (Å²) in [5.41, 5.74) is 0.861. The van der Waals surface area contributed by atoms with Crippen molar-refractivity contribution in [3.8, 4) is 0 Å². The van der Waals surface area contributed by atoms with Crippen molar-refractivity contribution in [1.82, 2.24) is 5.32 Å². The van der Waals surface area contributed by atoms with Gasteiger partial charge in [0.15, 0.2) is 6.04 Å². The molecule has 0 fully saturated rings. The van der Waals surface area contributed by atoms with E-state index in [2.05, 4.69) is 20.5 Å². The van der Waals surface area contributed by atoms with Crippen LogP contribution in [0.4, 0.5) is 0 Å². The zero-order chi connectivity index (χ0) is 11.1. The SMILES string of the molecule is NN=N[C@@H](CC1=CC=CCN1)C(=O)ON. The molecule has 0 bridgehead atoms. The Hall–Kier alpha value is -1.89. The van der Waals surface area contributed by atoms with E-state index in [9.17, 15) is 4.79 Å². The molecule has 5 N–H and O–H groups in total. The minimum atomic E-state index is -0.801. The summed E-state index contributed by atoms with van der Waals surface area (Å²) in [5, 5.41) is 9.67. The number of carbonyl (C=O) groups excluding carboxylic acids is 1. The van der Waals surface area contributed by atoms with Crippen LogP contribution in [-0.2, 0) is 9.63 Å². The van der Waals surface area contributed by atoms with Gasteiger partial charge in [-0.05, 0) is 6.08 Å². The van der Waals surface area contributed by atoms with Gasteiger partial charge >= 0.3 is 5.97 Å². The van der Waals surface area contributed by atoms with Crippen molar-refractivity contribution in [3.05, 3.63) is 23.9 Å². The summed E-state index contributed by atoms with van der Waals surface area (Å²) in [5.74, 6) is 8.98. The Morgan fingerprint density at radius 2 is 2.53 bits per heavy atom. The summed E-state index contributed by atoms with van der Waals surface area (Å²) in [6, 6.07) is -0.801.